The van der Waals surface area contributed by atoms with Gasteiger partial charge < -0.3 is 9.52 Å². The normalized spacial score (nSPS) is 11.8. The van der Waals surface area contributed by atoms with Gasteiger partial charge in [-0.1, -0.05) is 42.1 Å². The molecule has 0 radical (unpaired) electrons. The van der Waals surface area contributed by atoms with Crippen LogP contribution < -0.4 is 0 Å². The zero-order chi connectivity index (χ0) is 14.4. The number of rotatable bonds is 7. The Balaban J connectivity index is 1.77. The lowest BCUT2D eigenvalue weighted by molar-refractivity contribution is 0.0777. The molecule has 0 aliphatic heterocycles. The molecule has 0 aliphatic carbocycles. The quantitative estimate of drug-likeness (QED) is 0.795. The minimum atomic E-state index is -0.650. The van der Waals surface area contributed by atoms with Gasteiger partial charge in [0, 0.05) is 12.2 Å². The van der Waals surface area contributed by atoms with Gasteiger partial charge in [0.1, 0.15) is 0 Å². The highest BCUT2D eigenvalue weighted by Crippen LogP contribution is 2.21. The molecule has 0 atom stereocenters. The van der Waals surface area contributed by atoms with Crippen LogP contribution >= 0.6 is 11.8 Å². The minimum absolute atomic E-state index is 0.581. The Morgan fingerprint density at radius 1 is 1.15 bits per heavy atom. The summed E-state index contributed by atoms with van der Waals surface area (Å²) in [6.45, 7) is 3.60. The van der Waals surface area contributed by atoms with E-state index in [1.54, 1.807) is 13.8 Å². The van der Waals surface area contributed by atoms with E-state index >= 15 is 0 Å². The highest BCUT2D eigenvalue weighted by atomic mass is 32.2. The molecule has 4 nitrogen and oxygen atoms in total. The van der Waals surface area contributed by atoms with Gasteiger partial charge in [-0.25, -0.2) is 0 Å². The average molecular weight is 292 g/mol. The van der Waals surface area contributed by atoms with E-state index in [9.17, 15) is 5.11 Å². The Kier molecular flexibility index (Phi) is 5.20. The van der Waals surface area contributed by atoms with E-state index in [-0.39, 0.29) is 0 Å². The highest BCUT2D eigenvalue weighted by Gasteiger charge is 2.13. The Labute approximate surface area is 123 Å². The average Bonchev–Trinajstić information content (AvgIpc) is 2.84. The van der Waals surface area contributed by atoms with Gasteiger partial charge in [0.2, 0.25) is 5.89 Å². The molecule has 0 fully saturated rings. The standard InChI is InChI=1S/C15H20N2O2S/c1-15(2,18)10-11-20-14-17-16-13(19-14)9-8-12-6-4-3-5-7-12/h3-7,18H,8-11H2,1-2H3. The lowest BCUT2D eigenvalue weighted by Crippen LogP contribution is -2.18. The van der Waals surface area contributed by atoms with E-state index < -0.39 is 5.60 Å². The molecule has 1 heterocycles. The summed E-state index contributed by atoms with van der Waals surface area (Å²) in [6, 6.07) is 10.3. The summed E-state index contributed by atoms with van der Waals surface area (Å²) < 4.78 is 5.58. The van der Waals surface area contributed by atoms with Gasteiger partial charge in [0.15, 0.2) is 0 Å². The maximum atomic E-state index is 9.63. The second-order valence-corrected chi connectivity index (χ2v) is 6.40. The fraction of sp³-hybridized carbons (Fsp3) is 0.467. The summed E-state index contributed by atoms with van der Waals surface area (Å²) >= 11 is 1.49. The second-order valence-electron chi connectivity index (χ2n) is 5.36. The van der Waals surface area contributed by atoms with Crippen molar-refractivity contribution in [1.29, 1.82) is 0 Å². The number of aliphatic hydroxyl groups is 1. The summed E-state index contributed by atoms with van der Waals surface area (Å²) in [5.74, 6) is 1.43. The van der Waals surface area contributed by atoms with Crippen LogP contribution in [0.4, 0.5) is 0 Å². The van der Waals surface area contributed by atoms with Crippen LogP contribution in [0.1, 0.15) is 31.7 Å². The second kappa shape index (κ2) is 6.90. The van der Waals surface area contributed by atoms with Gasteiger partial charge in [-0.3, -0.25) is 0 Å². The molecule has 108 valence electrons. The number of aryl methyl sites for hydroxylation is 2. The Hall–Kier alpha value is -1.33. The molecule has 2 rings (SSSR count). The van der Waals surface area contributed by atoms with Crippen LogP contribution in [0.15, 0.2) is 40.0 Å². The first-order valence-corrected chi connectivity index (χ1v) is 7.73. The van der Waals surface area contributed by atoms with Gasteiger partial charge in [-0.2, -0.15) is 0 Å². The molecule has 0 saturated heterocycles. The van der Waals surface area contributed by atoms with Gasteiger partial charge in [-0.05, 0) is 32.3 Å². The molecule has 2 aromatic rings. The van der Waals surface area contributed by atoms with Crippen molar-refractivity contribution in [1.82, 2.24) is 10.2 Å². The first kappa shape index (κ1) is 15.1. The maximum Gasteiger partial charge on any atom is 0.276 e. The minimum Gasteiger partial charge on any atom is -0.416 e. The SMILES string of the molecule is CC(C)(O)CCSc1nnc(CCc2ccccc2)o1. The van der Waals surface area contributed by atoms with E-state index in [0.717, 1.165) is 18.6 Å². The molecule has 0 spiro atoms. The van der Waals surface area contributed by atoms with Crippen molar-refractivity contribution in [3.05, 3.63) is 41.8 Å². The third-order valence-corrected chi connectivity index (χ3v) is 3.68. The third kappa shape index (κ3) is 5.35. The number of benzene rings is 1. The smallest absolute Gasteiger partial charge is 0.276 e. The van der Waals surface area contributed by atoms with Crippen LogP contribution in [0.5, 0.6) is 0 Å². The van der Waals surface area contributed by atoms with Gasteiger partial charge >= 0.3 is 0 Å². The molecule has 20 heavy (non-hydrogen) atoms. The Morgan fingerprint density at radius 3 is 2.60 bits per heavy atom. The van der Waals surface area contributed by atoms with Crippen molar-refractivity contribution >= 4 is 11.8 Å². The molecule has 0 unspecified atom stereocenters. The van der Waals surface area contributed by atoms with Crippen molar-refractivity contribution in [2.24, 2.45) is 0 Å². The van der Waals surface area contributed by atoms with Crippen LogP contribution in [0.25, 0.3) is 0 Å². The van der Waals surface area contributed by atoms with Crippen LogP contribution in [0.2, 0.25) is 0 Å². The maximum absolute atomic E-state index is 9.63. The van der Waals surface area contributed by atoms with Gasteiger partial charge in [0.05, 0.1) is 5.60 Å². The molecular formula is C15H20N2O2S. The largest absolute Gasteiger partial charge is 0.416 e. The van der Waals surface area contributed by atoms with Gasteiger partial charge in [-0.15, -0.1) is 10.2 Å². The van der Waals surface area contributed by atoms with E-state index in [2.05, 4.69) is 22.3 Å². The van der Waals surface area contributed by atoms with Crippen molar-refractivity contribution in [2.45, 2.75) is 43.9 Å². The number of hydrogen-bond acceptors (Lipinski definition) is 5. The van der Waals surface area contributed by atoms with Crippen LogP contribution in [0.3, 0.4) is 0 Å². The molecule has 0 bridgehead atoms. The van der Waals surface area contributed by atoms with Crippen molar-refractivity contribution in [3.8, 4) is 0 Å². The first-order valence-electron chi connectivity index (χ1n) is 6.74. The lowest BCUT2D eigenvalue weighted by atomic mass is 10.1. The van der Waals surface area contributed by atoms with Crippen molar-refractivity contribution in [3.63, 3.8) is 0 Å². The van der Waals surface area contributed by atoms with Crippen molar-refractivity contribution in [2.75, 3.05) is 5.75 Å². The molecule has 0 saturated carbocycles. The zero-order valence-electron chi connectivity index (χ0n) is 11.9. The summed E-state index contributed by atoms with van der Waals surface area (Å²) in [5, 5.41) is 18.3. The number of thioether (sulfide) groups is 1. The lowest BCUT2D eigenvalue weighted by Gasteiger charge is -2.15. The highest BCUT2D eigenvalue weighted by molar-refractivity contribution is 7.99. The molecule has 1 aromatic heterocycles. The fourth-order valence-corrected chi connectivity index (χ4v) is 2.71. The van der Waals surface area contributed by atoms with Crippen LogP contribution in [0, 0.1) is 0 Å². The van der Waals surface area contributed by atoms with Crippen molar-refractivity contribution < 1.29 is 9.52 Å². The fourth-order valence-electron chi connectivity index (χ4n) is 1.68. The molecule has 1 N–H and O–H groups in total. The van der Waals surface area contributed by atoms with E-state index in [1.165, 1.54) is 17.3 Å². The Morgan fingerprint density at radius 2 is 1.90 bits per heavy atom. The molecular weight excluding hydrogens is 272 g/mol. The molecule has 0 aliphatic rings. The predicted molar refractivity (Wildman–Crippen MR) is 79.8 cm³/mol. The third-order valence-electron chi connectivity index (χ3n) is 2.86. The number of hydrogen-bond donors (Lipinski definition) is 1. The Bertz CT molecular complexity index is 520. The van der Waals surface area contributed by atoms with Gasteiger partial charge in [0.25, 0.3) is 5.22 Å². The predicted octanol–water partition coefficient (Wildman–Crippen LogP) is 3.11. The molecule has 0 amide bonds. The van der Waals surface area contributed by atoms with E-state index in [4.69, 9.17) is 4.42 Å². The number of nitrogens with zero attached hydrogens (tertiary/aromatic N) is 2. The van der Waals surface area contributed by atoms with E-state index in [1.807, 2.05) is 18.2 Å². The number of aromatic nitrogens is 2. The molecule has 5 heteroatoms. The molecule has 1 aromatic carbocycles. The van der Waals surface area contributed by atoms with E-state index in [0.29, 0.717) is 17.5 Å². The first-order chi connectivity index (χ1) is 9.53. The zero-order valence-corrected chi connectivity index (χ0v) is 12.7. The van der Waals surface area contributed by atoms with Crippen LogP contribution in [-0.4, -0.2) is 26.7 Å². The summed E-state index contributed by atoms with van der Waals surface area (Å²) in [7, 11) is 0. The summed E-state index contributed by atoms with van der Waals surface area (Å²) in [4.78, 5) is 0. The summed E-state index contributed by atoms with van der Waals surface area (Å²) in [5.41, 5.74) is 0.616. The monoisotopic (exact) mass is 292 g/mol. The van der Waals surface area contributed by atoms with Crippen LogP contribution in [-0.2, 0) is 12.8 Å². The summed E-state index contributed by atoms with van der Waals surface area (Å²) in [6.07, 6.45) is 2.35. The topological polar surface area (TPSA) is 59.2 Å².